The molecule has 12 bridgehead atoms. The van der Waals surface area contributed by atoms with Crippen molar-refractivity contribution < 1.29 is 48.6 Å². The number of aliphatic carboxylic acids is 1. The predicted molar refractivity (Wildman–Crippen MR) is 326 cm³/mol. The Kier molecular flexibility index (Phi) is 20.2. The lowest BCUT2D eigenvalue weighted by molar-refractivity contribution is -0.164. The number of carboxylic acid groups (broad SMARTS) is 1. The van der Waals surface area contributed by atoms with Gasteiger partial charge in [-0.05, 0) is 265 Å². The molecule has 15 rings (SSSR count). The van der Waals surface area contributed by atoms with Crippen molar-refractivity contribution in [3.05, 3.63) is 106 Å². The van der Waals surface area contributed by atoms with Gasteiger partial charge in [0, 0.05) is 35.3 Å². The van der Waals surface area contributed by atoms with Crippen molar-refractivity contribution in [3.63, 3.8) is 0 Å². The van der Waals surface area contributed by atoms with Crippen molar-refractivity contribution in [2.75, 3.05) is 13.2 Å². The minimum Gasteiger partial charge on any atom is -0.481 e. The van der Waals surface area contributed by atoms with Crippen LogP contribution >= 0.6 is 0 Å². The molecule has 12 heteroatoms. The highest BCUT2D eigenvalue weighted by Crippen LogP contribution is 2.63. The van der Waals surface area contributed by atoms with Crippen LogP contribution in [0, 0.1) is 87.3 Å². The molecular weight excluding hydrogens is 1050 g/mol. The van der Waals surface area contributed by atoms with Gasteiger partial charge in [-0.3, -0.25) is 24.4 Å². The SMILES string of the molecule is CC(C)C(CC(=O)C12CC3CC(CC(C3)C1)C2)c1ccc(C(=O)NO)cc1.CCOC(=O)c1ccc(C(CC(=O)C23CC4CC(CC(C4)C2)C3)C(C)C)cc1.CCOC(=O)c1ccc(C(N)C(C)C)cc1.O=C(O)C12CC3CC(CC(C3)C1)C2. The van der Waals surface area contributed by atoms with Crippen molar-refractivity contribution in [3.8, 4) is 0 Å². The number of carbonyl (C=O) groups is 6. The third-order valence-corrected chi connectivity index (χ3v) is 22.2. The van der Waals surface area contributed by atoms with Gasteiger partial charge in [0.25, 0.3) is 5.91 Å². The van der Waals surface area contributed by atoms with Gasteiger partial charge in [0.15, 0.2) is 0 Å². The van der Waals surface area contributed by atoms with E-state index in [9.17, 15) is 33.9 Å². The number of hydrogen-bond donors (Lipinski definition) is 4. The number of carboxylic acids is 1. The second kappa shape index (κ2) is 26.8. The van der Waals surface area contributed by atoms with E-state index in [1.165, 1.54) is 63.4 Å². The number of nitrogens with one attached hydrogen (secondary N) is 1. The third-order valence-electron chi connectivity index (χ3n) is 22.2. The summed E-state index contributed by atoms with van der Waals surface area (Å²) in [6.07, 6.45) is 23.1. The fraction of sp³-hybridized carbons (Fsp3) is 0.667. The van der Waals surface area contributed by atoms with Gasteiger partial charge in [-0.25, -0.2) is 15.1 Å². The quantitative estimate of drug-likeness (QED) is 0.0537. The molecule has 0 radical (unpaired) electrons. The van der Waals surface area contributed by atoms with Crippen molar-refractivity contribution in [1.29, 1.82) is 0 Å². The highest BCUT2D eigenvalue weighted by Gasteiger charge is 2.57. The molecule has 12 saturated carbocycles. The molecule has 12 fully saturated rings. The minimum atomic E-state index is -0.508. The Labute approximate surface area is 501 Å². The first kappa shape index (κ1) is 63.3. The Hall–Kier alpha value is -5.20. The number of nitrogens with two attached hydrogens (primary N) is 1. The molecule has 3 unspecified atom stereocenters. The molecule has 0 aromatic heterocycles. The molecule has 3 aromatic carbocycles. The van der Waals surface area contributed by atoms with Gasteiger partial charge < -0.3 is 20.3 Å². The first-order valence-electron chi connectivity index (χ1n) is 32.7. The third kappa shape index (κ3) is 14.3. The van der Waals surface area contributed by atoms with Crippen molar-refractivity contribution in [2.24, 2.45) is 93.0 Å². The summed E-state index contributed by atoms with van der Waals surface area (Å²) in [5, 5.41) is 18.1. The van der Waals surface area contributed by atoms with Gasteiger partial charge >= 0.3 is 17.9 Å². The van der Waals surface area contributed by atoms with E-state index in [-0.39, 0.29) is 46.1 Å². The number of hydrogen-bond acceptors (Lipinski definition) is 10. The second-order valence-electron chi connectivity index (χ2n) is 29.4. The van der Waals surface area contributed by atoms with E-state index >= 15 is 0 Å². The molecular formula is C72H100N2O10. The fourth-order valence-corrected chi connectivity index (χ4v) is 19.1. The second-order valence-corrected chi connectivity index (χ2v) is 29.4. The monoisotopic (exact) mass is 1150 g/mol. The van der Waals surface area contributed by atoms with Gasteiger partial charge in [-0.1, -0.05) is 77.9 Å². The average molecular weight is 1150 g/mol. The molecule has 3 aromatic rings. The highest BCUT2D eigenvalue weighted by atomic mass is 16.5. The molecule has 3 atom stereocenters. The van der Waals surface area contributed by atoms with Crippen LogP contribution < -0.4 is 11.2 Å². The van der Waals surface area contributed by atoms with E-state index < -0.39 is 11.9 Å². The molecule has 0 aliphatic heterocycles. The number of esters is 2. The van der Waals surface area contributed by atoms with E-state index in [0.29, 0.717) is 72.1 Å². The largest absolute Gasteiger partial charge is 0.481 e. The Morgan fingerprint density at radius 1 is 0.452 bits per heavy atom. The van der Waals surface area contributed by atoms with Crippen LogP contribution in [0.1, 0.15) is 249 Å². The maximum absolute atomic E-state index is 13.6. The van der Waals surface area contributed by atoms with Gasteiger partial charge in [-0.15, -0.1) is 0 Å². The summed E-state index contributed by atoms with van der Waals surface area (Å²) in [5.41, 5.74) is 12.2. The van der Waals surface area contributed by atoms with Crippen LogP contribution in [-0.4, -0.2) is 58.9 Å². The Balaban J connectivity index is 0.000000140. The molecule has 0 spiro atoms. The Bertz CT molecular complexity index is 2670. The van der Waals surface area contributed by atoms with Crippen LogP contribution in [0.4, 0.5) is 0 Å². The van der Waals surface area contributed by atoms with Crippen molar-refractivity contribution in [1.82, 2.24) is 5.48 Å². The fourth-order valence-electron chi connectivity index (χ4n) is 19.1. The van der Waals surface area contributed by atoms with Gasteiger partial charge in [-0.2, -0.15) is 0 Å². The summed E-state index contributed by atoms with van der Waals surface area (Å²) in [4.78, 5) is 73.2. The summed E-state index contributed by atoms with van der Waals surface area (Å²) >= 11 is 0. The Morgan fingerprint density at radius 2 is 0.726 bits per heavy atom. The highest BCUT2D eigenvalue weighted by molar-refractivity contribution is 5.93. The van der Waals surface area contributed by atoms with E-state index in [1.54, 1.807) is 36.7 Å². The van der Waals surface area contributed by atoms with Crippen LogP contribution in [0.2, 0.25) is 0 Å². The summed E-state index contributed by atoms with van der Waals surface area (Å²) < 4.78 is 9.99. The number of amides is 1. The average Bonchev–Trinajstić information content (AvgIpc) is 1.20. The lowest BCUT2D eigenvalue weighted by Crippen LogP contribution is -2.50. The number of ether oxygens (including phenoxy) is 2. The molecule has 0 heterocycles. The summed E-state index contributed by atoms with van der Waals surface area (Å²) in [7, 11) is 0. The minimum absolute atomic E-state index is 0.0104. The van der Waals surface area contributed by atoms with Crippen molar-refractivity contribution in [2.45, 2.75) is 202 Å². The topological polar surface area (TPSA) is 199 Å². The van der Waals surface area contributed by atoms with E-state index in [0.717, 1.165) is 122 Å². The number of ketones is 2. The summed E-state index contributed by atoms with van der Waals surface area (Å²) in [6, 6.07) is 22.3. The zero-order valence-corrected chi connectivity index (χ0v) is 51.9. The molecule has 12 aliphatic rings. The zero-order valence-electron chi connectivity index (χ0n) is 51.9. The molecule has 12 nitrogen and oxygen atoms in total. The Morgan fingerprint density at radius 3 is 0.976 bits per heavy atom. The smallest absolute Gasteiger partial charge is 0.338 e. The van der Waals surface area contributed by atoms with Crippen LogP contribution in [0.5, 0.6) is 0 Å². The lowest BCUT2D eigenvalue weighted by atomic mass is 9.48. The number of carbonyl (C=O) groups excluding carboxylic acids is 5. The maximum atomic E-state index is 13.6. The van der Waals surface area contributed by atoms with E-state index in [4.69, 9.17) is 20.4 Å². The van der Waals surface area contributed by atoms with E-state index in [2.05, 4.69) is 41.5 Å². The van der Waals surface area contributed by atoms with Crippen molar-refractivity contribution >= 4 is 35.4 Å². The number of hydroxylamine groups is 1. The van der Waals surface area contributed by atoms with Crippen LogP contribution in [-0.2, 0) is 23.9 Å². The normalized spacial score (nSPS) is 31.6. The van der Waals surface area contributed by atoms with Crippen LogP contribution in [0.3, 0.4) is 0 Å². The first-order valence-corrected chi connectivity index (χ1v) is 32.7. The standard InChI is InChI=1S/C25H34O3.C23H31NO3.C13H19NO2.C11H16O2/c1-4-28-24(27)21-7-5-20(6-8-21)22(16(2)3)12-23(26)25-13-17-9-18(14-25)11-19(10-17)15-25;1-14(2)20(18-3-5-19(6-4-18)22(26)24-27)10-21(25)23-11-15-7-16(12-23)9-17(8-15)13-23;1-4-16-13(15)11-7-5-10(6-8-11)12(14)9(2)3;12-10(13)11-4-7-1-8(5-11)3-9(2-7)6-11/h5-8,16-19,22H,4,9-15H2,1-3H3;3-6,14-17,20,27H,7-13H2,1-2H3,(H,24,26);5-9,12H,4,14H2,1-3H3;7-9H,1-6H2,(H,12,13). The molecule has 1 amide bonds. The van der Waals surface area contributed by atoms with E-state index in [1.807, 2.05) is 55.5 Å². The number of rotatable bonds is 18. The first-order chi connectivity index (χ1) is 40.0. The molecule has 84 heavy (non-hydrogen) atoms. The molecule has 458 valence electrons. The van der Waals surface area contributed by atoms with Crippen LogP contribution in [0.25, 0.3) is 0 Å². The number of benzene rings is 3. The number of Topliss-reactive ketones (excluding diaryl/α,β-unsaturated/α-hetero) is 2. The summed E-state index contributed by atoms with van der Waals surface area (Å²) in [5.74, 6) is 7.98. The summed E-state index contributed by atoms with van der Waals surface area (Å²) in [6.45, 7) is 17.3. The van der Waals surface area contributed by atoms with Crippen LogP contribution in [0.15, 0.2) is 72.8 Å². The molecule has 12 aliphatic carbocycles. The van der Waals surface area contributed by atoms with Gasteiger partial charge in [0.05, 0.1) is 29.8 Å². The zero-order chi connectivity index (χ0) is 60.3. The van der Waals surface area contributed by atoms with Gasteiger partial charge in [0.2, 0.25) is 0 Å². The predicted octanol–water partition coefficient (Wildman–Crippen LogP) is 15.3. The molecule has 0 saturated heterocycles. The maximum Gasteiger partial charge on any atom is 0.338 e. The van der Waals surface area contributed by atoms with Gasteiger partial charge in [0.1, 0.15) is 11.6 Å². The lowest BCUT2D eigenvalue weighted by Gasteiger charge is -2.56. The molecule has 5 N–H and O–H groups in total.